The highest BCUT2D eigenvalue weighted by Crippen LogP contribution is 2.44. The molecule has 2 rings (SSSR count). The summed E-state index contributed by atoms with van der Waals surface area (Å²) in [7, 11) is 1.48. The lowest BCUT2D eigenvalue weighted by atomic mass is 10.0. The molecule has 0 spiro atoms. The average Bonchev–Trinajstić information content (AvgIpc) is 2.27. The SMILES string of the molecule is COc1c(C)c(O)c2ccc(C)cc2c1O. The zero-order valence-corrected chi connectivity index (χ0v) is 9.53. The van der Waals surface area contributed by atoms with Gasteiger partial charge in [-0.15, -0.1) is 0 Å². The van der Waals surface area contributed by atoms with Gasteiger partial charge in [-0.3, -0.25) is 0 Å². The fourth-order valence-electron chi connectivity index (χ4n) is 1.92. The van der Waals surface area contributed by atoms with E-state index in [1.165, 1.54) is 7.11 Å². The van der Waals surface area contributed by atoms with Gasteiger partial charge in [0.2, 0.25) is 0 Å². The second kappa shape index (κ2) is 3.59. The highest BCUT2D eigenvalue weighted by atomic mass is 16.5. The number of benzene rings is 2. The second-order valence-corrected chi connectivity index (χ2v) is 3.90. The lowest BCUT2D eigenvalue weighted by molar-refractivity contribution is 0.369. The Morgan fingerprint density at radius 2 is 1.69 bits per heavy atom. The number of hydrogen-bond acceptors (Lipinski definition) is 3. The molecule has 0 saturated carbocycles. The molecule has 0 saturated heterocycles. The van der Waals surface area contributed by atoms with Crippen LogP contribution in [0.15, 0.2) is 18.2 Å². The van der Waals surface area contributed by atoms with Gasteiger partial charge in [0.1, 0.15) is 5.75 Å². The van der Waals surface area contributed by atoms with E-state index < -0.39 is 0 Å². The maximum absolute atomic E-state index is 10.0. The fourth-order valence-corrected chi connectivity index (χ4v) is 1.92. The van der Waals surface area contributed by atoms with E-state index in [1.54, 1.807) is 13.0 Å². The third-order valence-electron chi connectivity index (χ3n) is 2.80. The lowest BCUT2D eigenvalue weighted by Crippen LogP contribution is -1.90. The molecular weight excluding hydrogens is 204 g/mol. The molecule has 2 aromatic carbocycles. The summed E-state index contributed by atoms with van der Waals surface area (Å²) in [6.07, 6.45) is 0. The van der Waals surface area contributed by atoms with Crippen LogP contribution in [0.1, 0.15) is 11.1 Å². The highest BCUT2D eigenvalue weighted by Gasteiger charge is 2.16. The number of phenols is 2. The van der Waals surface area contributed by atoms with Gasteiger partial charge in [-0.25, -0.2) is 0 Å². The largest absolute Gasteiger partial charge is 0.507 e. The van der Waals surface area contributed by atoms with Crippen molar-refractivity contribution in [3.63, 3.8) is 0 Å². The van der Waals surface area contributed by atoms with Crippen molar-refractivity contribution in [1.82, 2.24) is 0 Å². The molecule has 0 fully saturated rings. The second-order valence-electron chi connectivity index (χ2n) is 3.90. The maximum Gasteiger partial charge on any atom is 0.167 e. The van der Waals surface area contributed by atoms with Crippen LogP contribution >= 0.6 is 0 Å². The smallest absolute Gasteiger partial charge is 0.167 e. The van der Waals surface area contributed by atoms with Crippen LogP contribution in [0.4, 0.5) is 0 Å². The summed E-state index contributed by atoms with van der Waals surface area (Å²) >= 11 is 0. The Labute approximate surface area is 93.9 Å². The molecule has 16 heavy (non-hydrogen) atoms. The van der Waals surface area contributed by atoms with Crippen LogP contribution in [0.3, 0.4) is 0 Å². The van der Waals surface area contributed by atoms with Gasteiger partial charge in [-0.05, 0) is 19.9 Å². The predicted molar refractivity (Wildman–Crippen MR) is 63.3 cm³/mol. The van der Waals surface area contributed by atoms with Gasteiger partial charge in [0.05, 0.1) is 7.11 Å². The zero-order chi connectivity index (χ0) is 11.9. The minimum atomic E-state index is 0.0801. The molecule has 84 valence electrons. The number of methoxy groups -OCH3 is 1. The molecule has 0 radical (unpaired) electrons. The van der Waals surface area contributed by atoms with Crippen molar-refractivity contribution in [2.45, 2.75) is 13.8 Å². The van der Waals surface area contributed by atoms with E-state index in [0.717, 1.165) is 5.56 Å². The van der Waals surface area contributed by atoms with Gasteiger partial charge >= 0.3 is 0 Å². The summed E-state index contributed by atoms with van der Waals surface area (Å²) in [5.74, 6) is 0.566. The predicted octanol–water partition coefficient (Wildman–Crippen LogP) is 2.88. The van der Waals surface area contributed by atoms with Crippen LogP contribution in [-0.4, -0.2) is 17.3 Å². The molecule has 0 atom stereocenters. The number of hydrogen-bond donors (Lipinski definition) is 2. The summed E-state index contributed by atoms with van der Waals surface area (Å²) < 4.78 is 5.09. The first-order valence-corrected chi connectivity index (χ1v) is 5.05. The minimum Gasteiger partial charge on any atom is -0.507 e. The Kier molecular flexibility index (Phi) is 2.38. The van der Waals surface area contributed by atoms with E-state index in [0.29, 0.717) is 22.1 Å². The molecule has 0 aliphatic heterocycles. The zero-order valence-electron chi connectivity index (χ0n) is 9.53. The van der Waals surface area contributed by atoms with Crippen LogP contribution in [0, 0.1) is 13.8 Å². The molecule has 0 amide bonds. The van der Waals surface area contributed by atoms with E-state index >= 15 is 0 Å². The molecule has 0 aliphatic carbocycles. The van der Waals surface area contributed by atoms with Gasteiger partial charge < -0.3 is 14.9 Å². The van der Waals surface area contributed by atoms with Gasteiger partial charge in [0.15, 0.2) is 11.5 Å². The first kappa shape index (κ1) is 10.6. The normalized spacial score (nSPS) is 10.7. The van der Waals surface area contributed by atoms with Crippen molar-refractivity contribution in [3.8, 4) is 17.2 Å². The van der Waals surface area contributed by atoms with E-state index in [4.69, 9.17) is 4.74 Å². The first-order valence-electron chi connectivity index (χ1n) is 5.05. The number of ether oxygens (including phenoxy) is 1. The third-order valence-corrected chi connectivity index (χ3v) is 2.80. The summed E-state index contributed by atoms with van der Waals surface area (Å²) in [5, 5.41) is 21.3. The Morgan fingerprint density at radius 1 is 1.00 bits per heavy atom. The molecular formula is C13H14O3. The average molecular weight is 218 g/mol. The van der Waals surface area contributed by atoms with Crippen LogP contribution < -0.4 is 4.74 Å². The van der Waals surface area contributed by atoms with Gasteiger partial charge in [0.25, 0.3) is 0 Å². The van der Waals surface area contributed by atoms with Gasteiger partial charge in [-0.1, -0.05) is 17.7 Å². The van der Waals surface area contributed by atoms with Crippen molar-refractivity contribution in [1.29, 1.82) is 0 Å². The molecule has 0 aromatic heterocycles. The van der Waals surface area contributed by atoms with Crippen molar-refractivity contribution in [2.75, 3.05) is 7.11 Å². The van der Waals surface area contributed by atoms with Crippen molar-refractivity contribution < 1.29 is 14.9 Å². The highest BCUT2D eigenvalue weighted by molar-refractivity contribution is 5.97. The molecule has 0 aliphatic rings. The Bertz CT molecular complexity index is 559. The first-order chi connectivity index (χ1) is 7.56. The molecule has 3 heteroatoms. The van der Waals surface area contributed by atoms with E-state index in [-0.39, 0.29) is 11.5 Å². The van der Waals surface area contributed by atoms with E-state index in [1.807, 2.05) is 19.1 Å². The number of rotatable bonds is 1. The molecule has 2 N–H and O–H groups in total. The Hall–Kier alpha value is -1.90. The van der Waals surface area contributed by atoms with E-state index in [9.17, 15) is 10.2 Å². The Balaban J connectivity index is 2.96. The van der Waals surface area contributed by atoms with Crippen LogP contribution in [0.25, 0.3) is 10.8 Å². The summed E-state index contributed by atoms with van der Waals surface area (Å²) in [6.45, 7) is 3.65. The van der Waals surface area contributed by atoms with Gasteiger partial charge in [-0.2, -0.15) is 0 Å². The summed E-state index contributed by atoms with van der Waals surface area (Å²) in [6, 6.07) is 5.52. The molecule has 0 heterocycles. The van der Waals surface area contributed by atoms with Crippen molar-refractivity contribution >= 4 is 10.8 Å². The molecule has 2 aromatic rings. The number of phenolic OH excluding ortho intramolecular Hbond substituents is 2. The molecule has 0 unspecified atom stereocenters. The monoisotopic (exact) mass is 218 g/mol. The minimum absolute atomic E-state index is 0.0801. The fraction of sp³-hybridized carbons (Fsp3) is 0.231. The molecule has 0 bridgehead atoms. The third kappa shape index (κ3) is 1.36. The van der Waals surface area contributed by atoms with Gasteiger partial charge in [0, 0.05) is 16.3 Å². The quantitative estimate of drug-likeness (QED) is 0.723. The van der Waals surface area contributed by atoms with Crippen LogP contribution in [0.5, 0.6) is 17.2 Å². The molecule has 3 nitrogen and oxygen atoms in total. The lowest BCUT2D eigenvalue weighted by Gasteiger charge is -2.13. The summed E-state index contributed by atoms with van der Waals surface area (Å²) in [4.78, 5) is 0. The van der Waals surface area contributed by atoms with Crippen molar-refractivity contribution in [2.24, 2.45) is 0 Å². The topological polar surface area (TPSA) is 49.7 Å². The van der Waals surface area contributed by atoms with Crippen molar-refractivity contribution in [3.05, 3.63) is 29.3 Å². The van der Waals surface area contributed by atoms with Crippen LogP contribution in [-0.2, 0) is 0 Å². The van der Waals surface area contributed by atoms with Crippen LogP contribution in [0.2, 0.25) is 0 Å². The summed E-state index contributed by atoms with van der Waals surface area (Å²) in [5.41, 5.74) is 1.57. The number of aromatic hydroxyl groups is 2. The Morgan fingerprint density at radius 3 is 2.31 bits per heavy atom. The standard InChI is InChI=1S/C13H14O3/c1-7-4-5-9-10(6-7)12(15)13(16-3)8(2)11(9)14/h4-6,14-15H,1-3H3. The number of aryl methyl sites for hydroxylation is 1. The van der Waals surface area contributed by atoms with E-state index in [2.05, 4.69) is 0 Å². The number of fused-ring (bicyclic) bond motifs is 1. The maximum atomic E-state index is 10.0.